The summed E-state index contributed by atoms with van der Waals surface area (Å²) in [4.78, 5) is 0. The van der Waals surface area contributed by atoms with Crippen LogP contribution in [-0.2, 0) is 4.74 Å². The molecule has 1 aliphatic heterocycles. The number of hydrogen-bond acceptors (Lipinski definition) is 3. The first kappa shape index (κ1) is 12.2. The van der Waals surface area contributed by atoms with Gasteiger partial charge in [0.15, 0.2) is 0 Å². The van der Waals surface area contributed by atoms with E-state index in [-0.39, 0.29) is 0 Å². The van der Waals surface area contributed by atoms with Crippen LogP contribution in [-0.4, -0.2) is 29.5 Å². The molecule has 1 aromatic heterocycles. The SMILES string of the molecule is C[C@@H](Nc1cn[nH]c1-c1ccccc1)[C@@H]1CCOC1. The average molecular weight is 257 g/mol. The number of hydrogen-bond donors (Lipinski definition) is 2. The number of benzene rings is 1. The lowest BCUT2D eigenvalue weighted by atomic mass is 10.0. The number of rotatable bonds is 4. The molecule has 2 atom stereocenters. The Morgan fingerprint density at radius 3 is 2.95 bits per heavy atom. The van der Waals surface area contributed by atoms with E-state index in [1.807, 2.05) is 24.4 Å². The Morgan fingerprint density at radius 1 is 1.37 bits per heavy atom. The van der Waals surface area contributed by atoms with Crippen LogP contribution in [0.1, 0.15) is 13.3 Å². The molecule has 0 aliphatic carbocycles. The Balaban J connectivity index is 1.77. The van der Waals surface area contributed by atoms with Crippen LogP contribution in [0, 0.1) is 5.92 Å². The maximum Gasteiger partial charge on any atom is 0.0882 e. The highest BCUT2D eigenvalue weighted by Crippen LogP contribution is 2.27. The van der Waals surface area contributed by atoms with Crippen LogP contribution in [0.15, 0.2) is 36.5 Å². The number of aromatic amines is 1. The summed E-state index contributed by atoms with van der Waals surface area (Å²) in [6, 6.07) is 10.7. The number of nitrogens with one attached hydrogen (secondary N) is 2. The predicted octanol–water partition coefficient (Wildman–Crippen LogP) is 2.91. The molecule has 3 rings (SSSR count). The van der Waals surface area contributed by atoms with Crippen molar-refractivity contribution in [1.82, 2.24) is 10.2 Å². The summed E-state index contributed by atoms with van der Waals surface area (Å²) in [5, 5.41) is 10.8. The highest BCUT2D eigenvalue weighted by Gasteiger charge is 2.23. The van der Waals surface area contributed by atoms with E-state index in [0.29, 0.717) is 12.0 Å². The lowest BCUT2D eigenvalue weighted by Gasteiger charge is -2.20. The zero-order chi connectivity index (χ0) is 13.1. The lowest BCUT2D eigenvalue weighted by Crippen LogP contribution is -2.26. The third-order valence-electron chi connectivity index (χ3n) is 3.76. The summed E-state index contributed by atoms with van der Waals surface area (Å²) in [5.74, 6) is 0.582. The van der Waals surface area contributed by atoms with Crippen LogP contribution in [0.2, 0.25) is 0 Å². The van der Waals surface area contributed by atoms with Gasteiger partial charge >= 0.3 is 0 Å². The van der Waals surface area contributed by atoms with Gasteiger partial charge < -0.3 is 10.1 Å². The molecular formula is C15H19N3O. The summed E-state index contributed by atoms with van der Waals surface area (Å²) >= 11 is 0. The van der Waals surface area contributed by atoms with Gasteiger partial charge in [-0.3, -0.25) is 5.10 Å². The van der Waals surface area contributed by atoms with Crippen molar-refractivity contribution in [2.24, 2.45) is 5.92 Å². The van der Waals surface area contributed by atoms with Crippen LogP contribution in [0.5, 0.6) is 0 Å². The van der Waals surface area contributed by atoms with Crippen molar-refractivity contribution >= 4 is 5.69 Å². The third-order valence-corrected chi connectivity index (χ3v) is 3.76. The fourth-order valence-corrected chi connectivity index (χ4v) is 2.53. The molecule has 2 heterocycles. The van der Waals surface area contributed by atoms with Gasteiger partial charge in [0, 0.05) is 24.1 Å². The Bertz CT molecular complexity index is 517. The normalized spacial score (nSPS) is 20.4. The number of aromatic nitrogens is 2. The minimum Gasteiger partial charge on any atom is -0.381 e. The van der Waals surface area contributed by atoms with Crippen molar-refractivity contribution in [2.45, 2.75) is 19.4 Å². The van der Waals surface area contributed by atoms with Gasteiger partial charge in [-0.15, -0.1) is 0 Å². The summed E-state index contributed by atoms with van der Waals surface area (Å²) in [6.45, 7) is 3.95. The van der Waals surface area contributed by atoms with Crippen LogP contribution in [0.3, 0.4) is 0 Å². The molecule has 1 fully saturated rings. The topological polar surface area (TPSA) is 49.9 Å². The van der Waals surface area contributed by atoms with Crippen molar-refractivity contribution in [3.8, 4) is 11.3 Å². The summed E-state index contributed by atoms with van der Waals surface area (Å²) < 4.78 is 5.45. The van der Waals surface area contributed by atoms with Gasteiger partial charge in [-0.1, -0.05) is 30.3 Å². The van der Waals surface area contributed by atoms with Crippen molar-refractivity contribution in [3.05, 3.63) is 36.5 Å². The van der Waals surface area contributed by atoms with Gasteiger partial charge in [0.2, 0.25) is 0 Å². The molecule has 0 bridgehead atoms. The maximum atomic E-state index is 5.45. The third kappa shape index (κ3) is 2.63. The fourth-order valence-electron chi connectivity index (χ4n) is 2.53. The summed E-state index contributed by atoms with van der Waals surface area (Å²) in [5.41, 5.74) is 3.26. The van der Waals surface area contributed by atoms with Gasteiger partial charge in [0.1, 0.15) is 0 Å². The smallest absolute Gasteiger partial charge is 0.0882 e. The largest absolute Gasteiger partial charge is 0.381 e. The zero-order valence-corrected chi connectivity index (χ0v) is 11.1. The molecule has 0 saturated carbocycles. The minimum absolute atomic E-state index is 0.391. The molecule has 1 saturated heterocycles. The van der Waals surface area contributed by atoms with Crippen molar-refractivity contribution < 1.29 is 4.74 Å². The number of H-pyrrole nitrogens is 1. The molecule has 0 unspecified atom stereocenters. The molecule has 0 radical (unpaired) electrons. The number of ether oxygens (including phenoxy) is 1. The van der Waals surface area contributed by atoms with Crippen LogP contribution in [0.25, 0.3) is 11.3 Å². The van der Waals surface area contributed by atoms with E-state index in [2.05, 4.69) is 34.6 Å². The molecular weight excluding hydrogens is 238 g/mol. The highest BCUT2D eigenvalue weighted by atomic mass is 16.5. The van der Waals surface area contributed by atoms with Crippen molar-refractivity contribution in [1.29, 1.82) is 0 Å². The molecule has 100 valence electrons. The van der Waals surface area contributed by atoms with Gasteiger partial charge in [-0.05, 0) is 13.3 Å². The van der Waals surface area contributed by atoms with Crippen LogP contribution >= 0.6 is 0 Å². The molecule has 0 spiro atoms. The second kappa shape index (κ2) is 5.45. The molecule has 0 amide bonds. The van der Waals surface area contributed by atoms with E-state index in [1.165, 1.54) is 0 Å². The second-order valence-corrected chi connectivity index (χ2v) is 5.08. The predicted molar refractivity (Wildman–Crippen MR) is 76.0 cm³/mol. The second-order valence-electron chi connectivity index (χ2n) is 5.08. The van der Waals surface area contributed by atoms with E-state index in [0.717, 1.165) is 36.6 Å². The maximum absolute atomic E-state index is 5.45. The van der Waals surface area contributed by atoms with Gasteiger partial charge in [0.05, 0.1) is 24.2 Å². The fraction of sp³-hybridized carbons (Fsp3) is 0.400. The molecule has 1 aliphatic rings. The molecule has 4 heteroatoms. The monoisotopic (exact) mass is 257 g/mol. The average Bonchev–Trinajstić information content (AvgIpc) is 3.11. The molecule has 4 nitrogen and oxygen atoms in total. The molecule has 2 N–H and O–H groups in total. The van der Waals surface area contributed by atoms with Gasteiger partial charge in [-0.2, -0.15) is 5.10 Å². The summed E-state index contributed by atoms with van der Waals surface area (Å²) in [7, 11) is 0. The Labute approximate surface area is 113 Å². The Morgan fingerprint density at radius 2 is 2.21 bits per heavy atom. The molecule has 19 heavy (non-hydrogen) atoms. The van der Waals surface area contributed by atoms with Crippen LogP contribution in [0.4, 0.5) is 5.69 Å². The Hall–Kier alpha value is -1.81. The quantitative estimate of drug-likeness (QED) is 0.885. The van der Waals surface area contributed by atoms with Gasteiger partial charge in [0.25, 0.3) is 0 Å². The molecule has 2 aromatic rings. The lowest BCUT2D eigenvalue weighted by molar-refractivity contribution is 0.183. The first-order valence-corrected chi connectivity index (χ1v) is 6.77. The van der Waals surface area contributed by atoms with E-state index in [1.54, 1.807) is 0 Å². The Kier molecular flexibility index (Phi) is 3.51. The standard InChI is InChI=1S/C15H19N3O/c1-11(13-7-8-19-10-13)17-14-9-16-18-15(14)12-5-3-2-4-6-12/h2-6,9,11,13,17H,7-8,10H2,1H3,(H,16,18)/t11-,13-/m1/s1. The number of anilines is 1. The highest BCUT2D eigenvalue weighted by molar-refractivity contribution is 5.73. The van der Waals surface area contributed by atoms with Crippen molar-refractivity contribution in [2.75, 3.05) is 18.5 Å². The minimum atomic E-state index is 0.391. The first-order valence-electron chi connectivity index (χ1n) is 6.77. The number of nitrogens with zero attached hydrogens (tertiary/aromatic N) is 1. The van der Waals surface area contributed by atoms with E-state index < -0.39 is 0 Å². The van der Waals surface area contributed by atoms with E-state index in [4.69, 9.17) is 4.74 Å². The van der Waals surface area contributed by atoms with E-state index >= 15 is 0 Å². The van der Waals surface area contributed by atoms with Crippen molar-refractivity contribution in [3.63, 3.8) is 0 Å². The summed E-state index contributed by atoms with van der Waals surface area (Å²) in [6.07, 6.45) is 2.99. The zero-order valence-electron chi connectivity index (χ0n) is 11.1. The van der Waals surface area contributed by atoms with Crippen LogP contribution < -0.4 is 5.32 Å². The van der Waals surface area contributed by atoms with Gasteiger partial charge in [-0.25, -0.2) is 0 Å². The van der Waals surface area contributed by atoms with E-state index in [9.17, 15) is 0 Å². The molecule has 1 aromatic carbocycles. The first-order chi connectivity index (χ1) is 9.34.